The molecule has 0 radical (unpaired) electrons. The van der Waals surface area contributed by atoms with Crippen LogP contribution in [-0.2, 0) is 4.79 Å². The number of aromatic nitrogens is 4. The molecule has 1 N–H and O–H groups in total. The van der Waals surface area contributed by atoms with Gasteiger partial charge in [0.15, 0.2) is 0 Å². The average Bonchev–Trinajstić information content (AvgIpc) is 3.06. The van der Waals surface area contributed by atoms with Gasteiger partial charge in [-0.15, -0.1) is 5.10 Å². The number of nitrogens with zero attached hydrogens (tertiary/aromatic N) is 4. The Morgan fingerprint density at radius 1 is 1.25 bits per heavy atom. The number of nitrogens with one attached hydrogen (secondary N) is 1. The van der Waals surface area contributed by atoms with Crippen LogP contribution in [0.25, 0.3) is 5.69 Å². The molecule has 6 nitrogen and oxygen atoms in total. The van der Waals surface area contributed by atoms with Crippen LogP contribution in [0.5, 0.6) is 0 Å². The number of para-hydroxylation sites is 1. The number of carbonyl (C=O) groups excluding carboxylic acids is 1. The molecule has 0 aliphatic rings. The molecule has 0 saturated carbocycles. The third-order valence-corrected chi connectivity index (χ3v) is 4.09. The van der Waals surface area contributed by atoms with Crippen molar-refractivity contribution in [1.29, 1.82) is 0 Å². The monoisotopic (exact) mass is 343 g/mol. The Morgan fingerprint density at radius 3 is 2.83 bits per heavy atom. The quantitative estimate of drug-likeness (QED) is 0.721. The molecule has 0 aliphatic carbocycles. The van der Waals surface area contributed by atoms with E-state index in [0.29, 0.717) is 5.16 Å². The number of rotatable bonds is 5. The van der Waals surface area contributed by atoms with Crippen LogP contribution in [-0.4, -0.2) is 31.9 Å². The van der Waals surface area contributed by atoms with Gasteiger partial charge in [-0.05, 0) is 47.2 Å². The smallest absolute Gasteiger partial charge is 0.234 e. The Balaban J connectivity index is 1.65. The summed E-state index contributed by atoms with van der Waals surface area (Å²) in [6.45, 7) is 1.83. The lowest BCUT2D eigenvalue weighted by Crippen LogP contribution is -2.15. The average molecular weight is 343 g/mol. The molecule has 8 heteroatoms. The van der Waals surface area contributed by atoms with Crippen molar-refractivity contribution in [3.05, 3.63) is 59.9 Å². The Morgan fingerprint density at radius 2 is 2.04 bits per heavy atom. The second kappa shape index (κ2) is 7.22. The SMILES string of the molecule is Cc1ccc(F)c(NC(=O)CSc2nnnn2-c2ccccc2)c1. The lowest BCUT2D eigenvalue weighted by atomic mass is 10.2. The first-order chi connectivity index (χ1) is 11.6. The van der Waals surface area contributed by atoms with Crippen molar-refractivity contribution in [1.82, 2.24) is 20.2 Å². The number of carbonyl (C=O) groups is 1. The lowest BCUT2D eigenvalue weighted by molar-refractivity contribution is -0.113. The zero-order chi connectivity index (χ0) is 16.9. The molecule has 1 aromatic heterocycles. The Kier molecular flexibility index (Phi) is 4.85. The van der Waals surface area contributed by atoms with Crippen LogP contribution in [0.4, 0.5) is 10.1 Å². The van der Waals surface area contributed by atoms with Gasteiger partial charge in [0.05, 0.1) is 17.1 Å². The fraction of sp³-hybridized carbons (Fsp3) is 0.125. The lowest BCUT2D eigenvalue weighted by Gasteiger charge is -2.07. The summed E-state index contributed by atoms with van der Waals surface area (Å²) in [5, 5.41) is 14.5. The van der Waals surface area contributed by atoms with E-state index in [4.69, 9.17) is 0 Å². The molecular formula is C16H14FN5OS. The molecule has 0 saturated heterocycles. The number of anilines is 1. The number of thioether (sulfide) groups is 1. The van der Waals surface area contributed by atoms with Crippen molar-refractivity contribution in [3.63, 3.8) is 0 Å². The molecule has 3 aromatic rings. The summed E-state index contributed by atoms with van der Waals surface area (Å²) in [5.41, 5.74) is 1.84. The maximum absolute atomic E-state index is 13.7. The van der Waals surface area contributed by atoms with Crippen LogP contribution in [0.3, 0.4) is 0 Å². The molecule has 0 fully saturated rings. The van der Waals surface area contributed by atoms with E-state index in [2.05, 4.69) is 20.8 Å². The molecule has 24 heavy (non-hydrogen) atoms. The van der Waals surface area contributed by atoms with Gasteiger partial charge in [0.2, 0.25) is 11.1 Å². The minimum atomic E-state index is -0.465. The molecular weight excluding hydrogens is 329 g/mol. The van der Waals surface area contributed by atoms with Crippen molar-refractivity contribution >= 4 is 23.4 Å². The molecule has 0 spiro atoms. The summed E-state index contributed by atoms with van der Waals surface area (Å²) in [5.74, 6) is -0.721. The standard InChI is InChI=1S/C16H14FN5OS/c1-11-7-8-13(17)14(9-11)18-15(23)10-24-16-19-20-21-22(16)12-5-3-2-4-6-12/h2-9H,10H2,1H3,(H,18,23). The minimum absolute atomic E-state index is 0.0700. The first-order valence-electron chi connectivity index (χ1n) is 7.16. The van der Waals surface area contributed by atoms with Crippen molar-refractivity contribution in [3.8, 4) is 5.69 Å². The predicted octanol–water partition coefficient (Wildman–Crippen LogP) is 2.84. The second-order valence-corrected chi connectivity index (χ2v) is 5.97. The molecule has 0 atom stereocenters. The van der Waals surface area contributed by atoms with E-state index in [1.807, 2.05) is 37.3 Å². The van der Waals surface area contributed by atoms with Crippen LogP contribution in [0, 0.1) is 12.7 Å². The Hall–Kier alpha value is -2.74. The fourth-order valence-corrected chi connectivity index (χ4v) is 2.74. The van der Waals surface area contributed by atoms with Gasteiger partial charge in [0.25, 0.3) is 0 Å². The van der Waals surface area contributed by atoms with Crippen molar-refractivity contribution < 1.29 is 9.18 Å². The molecule has 2 aromatic carbocycles. The second-order valence-electron chi connectivity index (χ2n) is 5.03. The molecule has 1 heterocycles. The van der Waals surface area contributed by atoms with E-state index in [0.717, 1.165) is 11.3 Å². The number of halogens is 1. The van der Waals surface area contributed by atoms with Gasteiger partial charge in [-0.1, -0.05) is 36.0 Å². The highest BCUT2D eigenvalue weighted by atomic mass is 32.2. The van der Waals surface area contributed by atoms with Gasteiger partial charge < -0.3 is 5.32 Å². The summed E-state index contributed by atoms with van der Waals surface area (Å²) >= 11 is 1.18. The Labute approximate surface area is 142 Å². The molecule has 3 rings (SSSR count). The van der Waals surface area contributed by atoms with Gasteiger partial charge in [-0.25, -0.2) is 4.39 Å². The number of amides is 1. The fourth-order valence-electron chi connectivity index (χ4n) is 2.05. The summed E-state index contributed by atoms with van der Waals surface area (Å²) in [7, 11) is 0. The van der Waals surface area contributed by atoms with Crippen LogP contribution in [0.1, 0.15) is 5.56 Å². The molecule has 0 bridgehead atoms. The Bertz CT molecular complexity index is 853. The summed E-state index contributed by atoms with van der Waals surface area (Å²) in [6, 6.07) is 13.9. The maximum Gasteiger partial charge on any atom is 0.234 e. The van der Waals surface area contributed by atoms with Gasteiger partial charge in [-0.2, -0.15) is 4.68 Å². The van der Waals surface area contributed by atoms with Crippen LogP contribution in [0.2, 0.25) is 0 Å². The first kappa shape index (κ1) is 16.1. The minimum Gasteiger partial charge on any atom is -0.323 e. The number of hydrogen-bond acceptors (Lipinski definition) is 5. The predicted molar refractivity (Wildman–Crippen MR) is 89.6 cm³/mol. The van der Waals surface area contributed by atoms with E-state index in [9.17, 15) is 9.18 Å². The highest BCUT2D eigenvalue weighted by Crippen LogP contribution is 2.19. The molecule has 1 amide bonds. The number of benzene rings is 2. The topological polar surface area (TPSA) is 72.7 Å². The van der Waals surface area contributed by atoms with Crippen LogP contribution in [0.15, 0.2) is 53.7 Å². The third kappa shape index (κ3) is 3.77. The van der Waals surface area contributed by atoms with E-state index in [-0.39, 0.29) is 17.3 Å². The van der Waals surface area contributed by atoms with Crippen molar-refractivity contribution in [2.45, 2.75) is 12.1 Å². The normalized spacial score (nSPS) is 10.6. The van der Waals surface area contributed by atoms with Crippen molar-refractivity contribution in [2.24, 2.45) is 0 Å². The van der Waals surface area contributed by atoms with E-state index in [1.54, 1.807) is 16.8 Å². The van der Waals surface area contributed by atoms with Gasteiger partial charge in [-0.3, -0.25) is 4.79 Å². The molecule has 0 aliphatic heterocycles. The van der Waals surface area contributed by atoms with E-state index in [1.165, 1.54) is 17.8 Å². The van der Waals surface area contributed by atoms with Gasteiger partial charge >= 0.3 is 0 Å². The zero-order valence-electron chi connectivity index (χ0n) is 12.8. The zero-order valence-corrected chi connectivity index (χ0v) is 13.6. The summed E-state index contributed by atoms with van der Waals surface area (Å²) < 4.78 is 15.2. The first-order valence-corrected chi connectivity index (χ1v) is 8.14. The van der Waals surface area contributed by atoms with Crippen LogP contribution >= 0.6 is 11.8 Å². The van der Waals surface area contributed by atoms with Gasteiger partial charge in [0.1, 0.15) is 5.82 Å². The number of tetrazole rings is 1. The molecule has 0 unspecified atom stereocenters. The maximum atomic E-state index is 13.7. The highest BCUT2D eigenvalue weighted by Gasteiger charge is 2.12. The summed E-state index contributed by atoms with van der Waals surface area (Å²) in [4.78, 5) is 12.0. The highest BCUT2D eigenvalue weighted by molar-refractivity contribution is 7.99. The largest absolute Gasteiger partial charge is 0.323 e. The third-order valence-electron chi connectivity index (χ3n) is 3.17. The van der Waals surface area contributed by atoms with E-state index < -0.39 is 5.82 Å². The number of aryl methyl sites for hydroxylation is 1. The van der Waals surface area contributed by atoms with Crippen LogP contribution < -0.4 is 5.32 Å². The summed E-state index contributed by atoms with van der Waals surface area (Å²) in [6.07, 6.45) is 0. The van der Waals surface area contributed by atoms with E-state index >= 15 is 0 Å². The van der Waals surface area contributed by atoms with Gasteiger partial charge in [0, 0.05) is 0 Å². The number of hydrogen-bond donors (Lipinski definition) is 1. The van der Waals surface area contributed by atoms with Crippen molar-refractivity contribution in [2.75, 3.05) is 11.1 Å². The molecule has 122 valence electrons.